The van der Waals surface area contributed by atoms with Crippen LogP contribution in [-0.4, -0.2) is 39.5 Å². The van der Waals surface area contributed by atoms with Gasteiger partial charge in [0, 0.05) is 0 Å². The average Bonchev–Trinajstić information content (AvgIpc) is 2.80. The smallest absolute Gasteiger partial charge is 0.267 e. The number of unbranched alkanes of at least 4 members (excludes halogenated alkanes) is 15. The maximum Gasteiger partial charge on any atom is 0.523 e. The average molecular weight is 551 g/mol. The Morgan fingerprint density at radius 2 is 0.857 bits per heavy atom. The van der Waals surface area contributed by atoms with E-state index in [0.29, 0.717) is 7.11 Å². The molecule has 0 saturated heterocycles. The van der Waals surface area contributed by atoms with Gasteiger partial charge in [0.2, 0.25) is 0 Å². The summed E-state index contributed by atoms with van der Waals surface area (Å²) in [6, 6.07) is 0. The van der Waals surface area contributed by atoms with Crippen molar-refractivity contribution in [3.63, 3.8) is 0 Å². The zero-order valence-corrected chi connectivity index (χ0v) is 24.9. The van der Waals surface area contributed by atoms with Gasteiger partial charge in [0.15, 0.2) is 0 Å². The maximum absolute atomic E-state index is 11.1. The quantitative estimate of drug-likeness (QED) is 0.0631. The van der Waals surface area contributed by atoms with Crippen molar-refractivity contribution in [3.05, 3.63) is 0 Å². The van der Waals surface area contributed by atoms with Crippen molar-refractivity contribution in [2.45, 2.75) is 142 Å². The van der Waals surface area contributed by atoms with Crippen LogP contribution in [0, 0.1) is 0 Å². The molecule has 0 spiro atoms. The molecular weight excluding hydrogens is 494 g/mol. The van der Waals surface area contributed by atoms with Crippen LogP contribution in [0.3, 0.4) is 0 Å². The van der Waals surface area contributed by atoms with E-state index in [4.69, 9.17) is 5.50 Å². The van der Waals surface area contributed by atoms with Crippen molar-refractivity contribution in [2.24, 2.45) is 5.50 Å². The Bertz CT molecular complexity index is 520. The number of hydrogen-bond donors (Lipinski definition) is 1. The van der Waals surface area contributed by atoms with Gasteiger partial charge in [-0.2, -0.15) is 21.6 Å². The summed E-state index contributed by atoms with van der Waals surface area (Å²) < 4.78 is 55.9. The predicted molar refractivity (Wildman–Crippen MR) is 148 cm³/mol. The van der Waals surface area contributed by atoms with E-state index in [1.54, 1.807) is 0 Å². The molecule has 0 aliphatic carbocycles. The topological polar surface area (TPSA) is 69.4 Å². The minimum absolute atomic E-state index is 0.447. The molecule has 0 bridgehead atoms. The molecule has 0 fully saturated rings. The van der Waals surface area contributed by atoms with Crippen molar-refractivity contribution in [1.29, 1.82) is 0 Å². The van der Waals surface area contributed by atoms with E-state index in [1.807, 2.05) is 0 Å². The molecule has 0 rings (SSSR count). The Kier molecular flexibility index (Phi) is 24.7. The first kappa shape index (κ1) is 37.2. The number of hydrogen-bond acceptors (Lipinski definition) is 4. The largest absolute Gasteiger partial charge is 0.523 e. The number of nitrogens with two attached hydrogens (primary N) is 1. The molecule has 0 unspecified atom stereocenters. The van der Waals surface area contributed by atoms with Gasteiger partial charge in [-0.25, -0.2) is 5.50 Å². The Balaban J connectivity index is 0. The van der Waals surface area contributed by atoms with Crippen LogP contribution in [0.5, 0.6) is 0 Å². The molecule has 0 heterocycles. The van der Waals surface area contributed by atoms with Gasteiger partial charge in [-0.15, -0.1) is 0 Å². The SMILES string of the molecule is CCCCCCCC[P+](N)(CCCCCCCC)CCCCCCCC.COS(=O)(=O)C(F)(F)F. The summed E-state index contributed by atoms with van der Waals surface area (Å²) in [5.74, 6) is 0. The molecule has 9 heteroatoms. The van der Waals surface area contributed by atoms with Crippen molar-refractivity contribution < 1.29 is 25.8 Å². The van der Waals surface area contributed by atoms with Crippen LogP contribution >= 0.6 is 7.41 Å². The Labute approximate surface area is 216 Å². The molecule has 0 aromatic heterocycles. The monoisotopic (exact) mass is 550 g/mol. The summed E-state index contributed by atoms with van der Waals surface area (Å²) in [4.78, 5) is 0. The molecule has 214 valence electrons. The molecule has 0 aromatic rings. The first-order chi connectivity index (χ1) is 16.5. The lowest BCUT2D eigenvalue weighted by atomic mass is 10.1. The third-order valence-corrected chi connectivity index (χ3v) is 11.0. The van der Waals surface area contributed by atoms with E-state index in [0.717, 1.165) is 0 Å². The third kappa shape index (κ3) is 23.0. The molecule has 0 saturated carbocycles. The summed E-state index contributed by atoms with van der Waals surface area (Å²) in [5.41, 5.74) is 1.73. The van der Waals surface area contributed by atoms with Gasteiger partial charge < -0.3 is 0 Å². The molecule has 0 amide bonds. The summed E-state index contributed by atoms with van der Waals surface area (Å²) in [5, 5.41) is 0. The fraction of sp³-hybridized carbons (Fsp3) is 1.00. The van der Waals surface area contributed by atoms with Crippen LogP contribution in [-0.2, 0) is 14.3 Å². The van der Waals surface area contributed by atoms with Crippen molar-refractivity contribution in [1.82, 2.24) is 0 Å². The fourth-order valence-electron chi connectivity index (χ4n) is 4.05. The normalized spacial score (nSPS) is 12.5. The second-order valence-corrected chi connectivity index (χ2v) is 15.2. The first-order valence-corrected chi connectivity index (χ1v) is 17.8. The zero-order valence-electron chi connectivity index (χ0n) is 23.1. The molecule has 0 aliphatic rings. The van der Waals surface area contributed by atoms with E-state index in [-0.39, 0.29) is 0 Å². The second kappa shape index (κ2) is 23.2. The number of halogens is 3. The minimum Gasteiger partial charge on any atom is -0.267 e. The van der Waals surface area contributed by atoms with Crippen LogP contribution in [0.25, 0.3) is 0 Å². The number of alkyl halides is 3. The summed E-state index contributed by atoms with van der Waals surface area (Å²) in [6.45, 7) is 6.91. The summed E-state index contributed by atoms with van der Waals surface area (Å²) >= 11 is 0. The molecule has 0 radical (unpaired) electrons. The van der Waals surface area contributed by atoms with E-state index in [1.165, 1.54) is 134 Å². The van der Waals surface area contributed by atoms with Crippen LogP contribution < -0.4 is 5.50 Å². The van der Waals surface area contributed by atoms with E-state index in [9.17, 15) is 21.6 Å². The predicted octanol–water partition coefficient (Wildman–Crippen LogP) is 9.44. The van der Waals surface area contributed by atoms with Crippen LogP contribution in [0.4, 0.5) is 13.2 Å². The molecule has 2 N–H and O–H groups in total. The maximum atomic E-state index is 11.1. The van der Waals surface area contributed by atoms with Crippen LogP contribution in [0.2, 0.25) is 0 Å². The molecule has 0 aliphatic heterocycles. The molecule has 4 nitrogen and oxygen atoms in total. The van der Waals surface area contributed by atoms with Gasteiger partial charge >= 0.3 is 15.6 Å². The Morgan fingerprint density at radius 1 is 0.600 bits per heavy atom. The molecule has 0 atom stereocenters. The Hall–Kier alpha value is 0.0900. The van der Waals surface area contributed by atoms with Crippen LogP contribution in [0.15, 0.2) is 0 Å². The van der Waals surface area contributed by atoms with Gasteiger partial charge in [0.05, 0.1) is 33.0 Å². The lowest BCUT2D eigenvalue weighted by Crippen LogP contribution is -2.23. The van der Waals surface area contributed by atoms with E-state index < -0.39 is 23.0 Å². The highest BCUT2D eigenvalue weighted by atomic mass is 32.2. The number of rotatable bonds is 22. The van der Waals surface area contributed by atoms with E-state index >= 15 is 0 Å². The molecule has 35 heavy (non-hydrogen) atoms. The molecular formula is C26H56F3NO3PS+. The van der Waals surface area contributed by atoms with Crippen molar-refractivity contribution in [3.8, 4) is 0 Å². The summed E-state index contributed by atoms with van der Waals surface area (Å²) in [7, 11) is -6.02. The standard InChI is InChI=1S/C24H53NP.C2H3F3O3S/c1-4-7-10-13-16-19-22-26(25,23-20-17-14-11-8-5-2)24-21-18-15-12-9-6-3;1-8-9(6,7)2(3,4)5/h4-25H2,1-3H3;1H3/q+1;. The second-order valence-electron chi connectivity index (χ2n) is 9.76. The van der Waals surface area contributed by atoms with Gasteiger partial charge in [0.25, 0.3) is 0 Å². The minimum atomic E-state index is -5.34. The van der Waals surface area contributed by atoms with Gasteiger partial charge in [-0.3, -0.25) is 4.18 Å². The van der Waals surface area contributed by atoms with Gasteiger partial charge in [0.1, 0.15) is 0 Å². The van der Waals surface area contributed by atoms with Gasteiger partial charge in [-0.05, 0) is 38.5 Å². The van der Waals surface area contributed by atoms with E-state index in [2.05, 4.69) is 25.0 Å². The third-order valence-electron chi connectivity index (χ3n) is 6.37. The first-order valence-electron chi connectivity index (χ1n) is 14.0. The highest BCUT2D eigenvalue weighted by Crippen LogP contribution is 2.53. The lowest BCUT2D eigenvalue weighted by molar-refractivity contribution is -0.0526. The van der Waals surface area contributed by atoms with Crippen LogP contribution in [0.1, 0.15) is 136 Å². The molecule has 0 aromatic carbocycles. The lowest BCUT2D eigenvalue weighted by Gasteiger charge is -2.23. The van der Waals surface area contributed by atoms with Crippen molar-refractivity contribution in [2.75, 3.05) is 25.6 Å². The highest BCUT2D eigenvalue weighted by molar-refractivity contribution is 7.87. The summed E-state index contributed by atoms with van der Waals surface area (Å²) in [6.07, 6.45) is 29.5. The van der Waals surface area contributed by atoms with Crippen molar-refractivity contribution >= 4 is 17.5 Å². The fourth-order valence-corrected chi connectivity index (χ4v) is 7.47. The Morgan fingerprint density at radius 3 is 1.06 bits per heavy atom. The highest BCUT2D eigenvalue weighted by Gasteiger charge is 2.46. The zero-order chi connectivity index (χ0) is 27.1. The van der Waals surface area contributed by atoms with Gasteiger partial charge in [-0.1, -0.05) is 97.8 Å².